The van der Waals surface area contributed by atoms with Crippen LogP contribution in [0.5, 0.6) is 0 Å². The lowest BCUT2D eigenvalue weighted by atomic mass is 10.3. The first-order chi connectivity index (χ1) is 11.5. The second kappa shape index (κ2) is 9.00. The average Bonchev–Trinajstić information content (AvgIpc) is 3.12. The van der Waals surface area contributed by atoms with Crippen LogP contribution in [0, 0.1) is 6.92 Å². The Kier molecular flexibility index (Phi) is 7.00. The van der Waals surface area contributed by atoms with Gasteiger partial charge in [0.05, 0.1) is 17.4 Å². The van der Waals surface area contributed by atoms with Crippen molar-refractivity contribution in [3.05, 3.63) is 16.5 Å². The van der Waals surface area contributed by atoms with Gasteiger partial charge in [-0.15, -0.1) is 21.5 Å². The van der Waals surface area contributed by atoms with Crippen molar-refractivity contribution in [3.63, 3.8) is 0 Å². The molecule has 0 saturated carbocycles. The Balaban J connectivity index is 1.87. The van der Waals surface area contributed by atoms with Gasteiger partial charge in [0.15, 0.2) is 4.34 Å². The summed E-state index contributed by atoms with van der Waals surface area (Å²) >= 11 is 3.96. The number of aromatic nitrogens is 2. The fourth-order valence-corrected chi connectivity index (χ4v) is 4.34. The summed E-state index contributed by atoms with van der Waals surface area (Å²) in [5.74, 6) is -0.288. The Labute approximate surface area is 152 Å². The summed E-state index contributed by atoms with van der Waals surface area (Å²) in [4.78, 5) is 24.3. The fraction of sp³-hybridized carbons (Fsp3) is 0.429. The number of hydrogen-bond donors (Lipinski definition) is 2. The number of carbonyl (C=O) groups is 2. The Hall–Kier alpha value is -1.65. The number of aryl methyl sites for hydroxylation is 1. The molecule has 0 aromatic carbocycles. The number of nitrogens with one attached hydrogen (secondary N) is 2. The van der Waals surface area contributed by atoms with Crippen LogP contribution in [0.25, 0.3) is 0 Å². The van der Waals surface area contributed by atoms with Gasteiger partial charge in [-0.25, -0.2) is 4.79 Å². The van der Waals surface area contributed by atoms with Gasteiger partial charge in [0.1, 0.15) is 4.88 Å². The lowest BCUT2D eigenvalue weighted by Crippen LogP contribution is -2.12. The van der Waals surface area contributed by atoms with Gasteiger partial charge < -0.3 is 15.4 Å². The van der Waals surface area contributed by atoms with E-state index < -0.39 is 0 Å². The van der Waals surface area contributed by atoms with Gasteiger partial charge >= 0.3 is 5.97 Å². The van der Waals surface area contributed by atoms with Gasteiger partial charge in [-0.05, 0) is 32.4 Å². The number of ether oxygens (including phenoxy) is 1. The van der Waals surface area contributed by atoms with Crippen molar-refractivity contribution < 1.29 is 14.3 Å². The summed E-state index contributed by atoms with van der Waals surface area (Å²) < 4.78 is 5.72. The quantitative estimate of drug-likeness (QED) is 0.531. The van der Waals surface area contributed by atoms with E-state index in [0.29, 0.717) is 16.5 Å². The molecule has 0 atom stereocenters. The van der Waals surface area contributed by atoms with Crippen LogP contribution in [-0.2, 0) is 9.53 Å². The lowest BCUT2D eigenvalue weighted by Gasteiger charge is -2.00. The number of esters is 1. The molecule has 0 bridgehead atoms. The third kappa shape index (κ3) is 5.18. The minimum absolute atomic E-state index is 0.156. The summed E-state index contributed by atoms with van der Waals surface area (Å²) in [6, 6.07) is 1.77. The summed E-state index contributed by atoms with van der Waals surface area (Å²) in [5.41, 5.74) is 0.792. The van der Waals surface area contributed by atoms with E-state index in [1.54, 1.807) is 13.0 Å². The van der Waals surface area contributed by atoms with Crippen molar-refractivity contribution in [2.24, 2.45) is 0 Å². The highest BCUT2D eigenvalue weighted by atomic mass is 32.2. The van der Waals surface area contributed by atoms with Crippen molar-refractivity contribution >= 4 is 56.4 Å². The van der Waals surface area contributed by atoms with E-state index in [4.69, 9.17) is 4.74 Å². The molecule has 0 aliphatic rings. The summed E-state index contributed by atoms with van der Waals surface area (Å²) in [6.45, 7) is 6.66. The first kappa shape index (κ1) is 18.7. The maximum atomic E-state index is 12.0. The minimum Gasteiger partial charge on any atom is -0.462 e. The molecule has 0 spiro atoms. The second-order valence-electron chi connectivity index (χ2n) is 4.58. The molecule has 7 nitrogen and oxygen atoms in total. The Morgan fingerprint density at radius 2 is 2.08 bits per heavy atom. The smallest absolute Gasteiger partial charge is 0.348 e. The summed E-state index contributed by atoms with van der Waals surface area (Å²) in [5, 5.41) is 15.2. The third-order valence-electron chi connectivity index (χ3n) is 2.70. The molecule has 2 rings (SSSR count). The van der Waals surface area contributed by atoms with E-state index in [1.807, 2.05) is 13.8 Å². The van der Waals surface area contributed by atoms with Gasteiger partial charge in [-0.3, -0.25) is 4.79 Å². The highest BCUT2D eigenvalue weighted by molar-refractivity contribution is 8.01. The van der Waals surface area contributed by atoms with Crippen molar-refractivity contribution in [2.45, 2.75) is 25.1 Å². The third-order valence-corrected chi connectivity index (χ3v) is 5.85. The number of carbonyl (C=O) groups excluding carboxylic acids is 2. The van der Waals surface area contributed by atoms with Gasteiger partial charge in [0, 0.05) is 6.54 Å². The van der Waals surface area contributed by atoms with Crippen molar-refractivity contribution in [2.75, 3.05) is 29.5 Å². The van der Waals surface area contributed by atoms with Crippen LogP contribution in [0.3, 0.4) is 0 Å². The second-order valence-corrected chi connectivity index (χ2v) is 7.84. The average molecular weight is 387 g/mol. The molecule has 130 valence electrons. The largest absolute Gasteiger partial charge is 0.462 e. The number of anilines is 2. The van der Waals surface area contributed by atoms with E-state index in [-0.39, 0.29) is 17.6 Å². The number of thioether (sulfide) groups is 1. The lowest BCUT2D eigenvalue weighted by molar-refractivity contribution is -0.113. The van der Waals surface area contributed by atoms with Crippen LogP contribution in [0.4, 0.5) is 10.1 Å². The molecular weight excluding hydrogens is 368 g/mol. The Morgan fingerprint density at radius 1 is 1.29 bits per heavy atom. The monoisotopic (exact) mass is 386 g/mol. The van der Waals surface area contributed by atoms with Crippen molar-refractivity contribution in [1.29, 1.82) is 0 Å². The molecule has 0 aliphatic carbocycles. The van der Waals surface area contributed by atoms with Crippen molar-refractivity contribution in [3.8, 4) is 0 Å². The standard InChI is InChI=1S/C14H18N4O3S3/c1-4-15-13-17-18-14(24-13)22-7-9(19)16-10-6-8(3)11(23-10)12(20)21-5-2/h6H,4-5,7H2,1-3H3,(H,15,17)(H,16,19). The number of amides is 1. The minimum atomic E-state index is -0.361. The molecule has 0 fully saturated rings. The summed E-state index contributed by atoms with van der Waals surface area (Å²) in [6.07, 6.45) is 0. The van der Waals surface area contributed by atoms with Gasteiger partial charge in [-0.1, -0.05) is 23.1 Å². The van der Waals surface area contributed by atoms with Crippen molar-refractivity contribution in [1.82, 2.24) is 10.2 Å². The van der Waals surface area contributed by atoms with Crippen LogP contribution in [0.2, 0.25) is 0 Å². The maximum Gasteiger partial charge on any atom is 0.348 e. The first-order valence-electron chi connectivity index (χ1n) is 7.31. The van der Waals surface area contributed by atoms with E-state index in [2.05, 4.69) is 20.8 Å². The maximum absolute atomic E-state index is 12.0. The fourth-order valence-electron chi connectivity index (χ4n) is 1.73. The predicted octanol–water partition coefficient (Wildman–Crippen LogP) is 3.25. The molecule has 2 aromatic rings. The molecule has 2 aromatic heterocycles. The van der Waals surface area contributed by atoms with Gasteiger partial charge in [-0.2, -0.15) is 0 Å². The first-order valence-corrected chi connectivity index (χ1v) is 9.92. The molecule has 24 heavy (non-hydrogen) atoms. The van der Waals surface area contributed by atoms with Crippen LogP contribution >= 0.6 is 34.4 Å². The highest BCUT2D eigenvalue weighted by Gasteiger charge is 2.16. The molecule has 0 saturated heterocycles. The number of rotatable bonds is 8. The molecule has 0 aliphatic heterocycles. The van der Waals surface area contributed by atoms with Crippen LogP contribution in [-0.4, -0.2) is 41.0 Å². The zero-order valence-corrected chi connectivity index (χ0v) is 16.0. The zero-order chi connectivity index (χ0) is 17.5. The van der Waals surface area contributed by atoms with E-state index in [1.165, 1.54) is 34.4 Å². The van der Waals surface area contributed by atoms with Gasteiger partial charge in [0.25, 0.3) is 0 Å². The molecule has 2 heterocycles. The summed E-state index contributed by atoms with van der Waals surface area (Å²) in [7, 11) is 0. The molecule has 10 heteroatoms. The predicted molar refractivity (Wildman–Crippen MR) is 98.4 cm³/mol. The van der Waals surface area contributed by atoms with E-state index in [0.717, 1.165) is 21.6 Å². The molecule has 0 unspecified atom stereocenters. The highest BCUT2D eigenvalue weighted by Crippen LogP contribution is 2.28. The number of thiophene rings is 1. The van der Waals surface area contributed by atoms with Gasteiger partial charge in [0.2, 0.25) is 11.0 Å². The number of hydrogen-bond acceptors (Lipinski definition) is 9. The van der Waals surface area contributed by atoms with Crippen LogP contribution in [0.15, 0.2) is 10.4 Å². The number of nitrogens with zero attached hydrogens (tertiary/aromatic N) is 2. The molecule has 0 radical (unpaired) electrons. The molecule has 1 amide bonds. The van der Waals surface area contributed by atoms with E-state index >= 15 is 0 Å². The van der Waals surface area contributed by atoms with Crippen LogP contribution < -0.4 is 10.6 Å². The Morgan fingerprint density at radius 3 is 2.79 bits per heavy atom. The van der Waals surface area contributed by atoms with Crippen LogP contribution in [0.1, 0.15) is 29.1 Å². The normalized spacial score (nSPS) is 10.5. The zero-order valence-electron chi connectivity index (χ0n) is 13.5. The van der Waals surface area contributed by atoms with E-state index in [9.17, 15) is 9.59 Å². The Bertz CT molecular complexity index is 714. The molecular formula is C14H18N4O3S3. The molecule has 2 N–H and O–H groups in total. The topological polar surface area (TPSA) is 93.2 Å². The SMILES string of the molecule is CCNc1nnc(SCC(=O)Nc2cc(C)c(C(=O)OCC)s2)s1.